The number of piperazine rings is 1. The van der Waals surface area contributed by atoms with E-state index in [1.54, 1.807) is 4.90 Å². The number of nitrogens with zero attached hydrogens (tertiary/aromatic N) is 2. The van der Waals surface area contributed by atoms with Gasteiger partial charge in [0.15, 0.2) is 0 Å². The number of nitrogens with one attached hydrogen (secondary N) is 1. The van der Waals surface area contributed by atoms with Crippen molar-refractivity contribution in [2.75, 3.05) is 31.1 Å². The highest BCUT2D eigenvalue weighted by atomic mass is 16.4. The Bertz CT molecular complexity index is 727. The molecule has 0 bridgehead atoms. The predicted molar refractivity (Wildman–Crippen MR) is 83.9 cm³/mol. The van der Waals surface area contributed by atoms with Gasteiger partial charge >= 0.3 is 5.97 Å². The number of aliphatic carboxylic acids is 1. The van der Waals surface area contributed by atoms with Crippen LogP contribution in [0.1, 0.15) is 0 Å². The van der Waals surface area contributed by atoms with Crippen LogP contribution in [0.4, 0.5) is 5.69 Å². The van der Waals surface area contributed by atoms with Gasteiger partial charge in [0.1, 0.15) is 0 Å². The van der Waals surface area contributed by atoms with Gasteiger partial charge in [-0.3, -0.25) is 4.79 Å². The maximum Gasteiger partial charge on any atom is 0.328 e. The molecule has 1 fully saturated rings. The summed E-state index contributed by atoms with van der Waals surface area (Å²) in [6.07, 6.45) is 3.92. The number of carboxylic acid groups (broad SMARTS) is 1. The van der Waals surface area contributed by atoms with E-state index in [-0.39, 0.29) is 5.91 Å². The molecule has 2 N–H and O–H groups in total. The standard InChI is InChI=1S/C16H17N3O3/c20-15(4-5-16(21)22)19-10-8-18(9-11-19)14-3-1-2-13-12(14)6-7-17-13/h1-7,17H,8-11H2,(H,21,22). The summed E-state index contributed by atoms with van der Waals surface area (Å²) >= 11 is 0. The highest BCUT2D eigenvalue weighted by Crippen LogP contribution is 2.26. The van der Waals surface area contributed by atoms with E-state index in [2.05, 4.69) is 22.0 Å². The predicted octanol–water partition coefficient (Wildman–Crippen LogP) is 1.46. The van der Waals surface area contributed by atoms with E-state index in [1.807, 2.05) is 18.3 Å². The highest BCUT2D eigenvalue weighted by molar-refractivity contribution is 5.94. The van der Waals surface area contributed by atoms with Crippen LogP contribution >= 0.6 is 0 Å². The lowest BCUT2D eigenvalue weighted by Gasteiger charge is -2.36. The minimum Gasteiger partial charge on any atom is -0.478 e. The van der Waals surface area contributed by atoms with Gasteiger partial charge in [-0.25, -0.2) is 4.79 Å². The molecule has 1 aliphatic rings. The Kier molecular flexibility index (Phi) is 3.82. The number of hydrogen-bond donors (Lipinski definition) is 2. The Labute approximate surface area is 127 Å². The van der Waals surface area contributed by atoms with E-state index >= 15 is 0 Å². The van der Waals surface area contributed by atoms with Crippen molar-refractivity contribution < 1.29 is 14.7 Å². The Hall–Kier alpha value is -2.76. The van der Waals surface area contributed by atoms with Gasteiger partial charge in [0, 0.05) is 61.1 Å². The van der Waals surface area contributed by atoms with Gasteiger partial charge in [0.25, 0.3) is 0 Å². The van der Waals surface area contributed by atoms with Gasteiger partial charge in [-0.05, 0) is 18.2 Å². The number of carbonyl (C=O) groups is 2. The molecule has 0 unspecified atom stereocenters. The number of carbonyl (C=O) groups excluding carboxylic acids is 1. The summed E-state index contributed by atoms with van der Waals surface area (Å²) in [5.74, 6) is -1.35. The summed E-state index contributed by atoms with van der Waals surface area (Å²) in [5.41, 5.74) is 2.26. The fourth-order valence-corrected chi connectivity index (χ4v) is 2.76. The van der Waals surface area contributed by atoms with E-state index in [9.17, 15) is 9.59 Å². The molecule has 1 saturated heterocycles. The molecule has 114 valence electrons. The molecule has 0 spiro atoms. The third-order valence-electron chi connectivity index (χ3n) is 3.87. The molecular formula is C16H17N3O3. The maximum absolute atomic E-state index is 11.9. The van der Waals surface area contributed by atoms with Crippen molar-refractivity contribution in [1.29, 1.82) is 0 Å². The van der Waals surface area contributed by atoms with Crippen LogP contribution in [-0.2, 0) is 9.59 Å². The number of hydrogen-bond acceptors (Lipinski definition) is 3. The monoisotopic (exact) mass is 299 g/mol. The van der Waals surface area contributed by atoms with Crippen LogP contribution < -0.4 is 4.90 Å². The van der Waals surface area contributed by atoms with E-state index in [4.69, 9.17) is 5.11 Å². The second-order valence-electron chi connectivity index (χ2n) is 5.20. The van der Waals surface area contributed by atoms with E-state index in [0.717, 1.165) is 36.4 Å². The average molecular weight is 299 g/mol. The number of fused-ring (bicyclic) bond motifs is 1. The van der Waals surface area contributed by atoms with Crippen LogP contribution in [0.2, 0.25) is 0 Å². The number of rotatable bonds is 3. The molecule has 0 aliphatic carbocycles. The Morgan fingerprint density at radius 1 is 1.09 bits per heavy atom. The van der Waals surface area contributed by atoms with Crippen molar-refractivity contribution in [3.05, 3.63) is 42.6 Å². The summed E-state index contributed by atoms with van der Waals surface area (Å²) in [4.78, 5) is 29.4. The molecule has 3 rings (SSSR count). The lowest BCUT2D eigenvalue weighted by atomic mass is 10.1. The molecule has 0 saturated carbocycles. The van der Waals surface area contributed by atoms with Crippen LogP contribution in [0.15, 0.2) is 42.6 Å². The number of aromatic nitrogens is 1. The van der Waals surface area contributed by atoms with Gasteiger partial charge < -0.3 is 19.9 Å². The first kappa shape index (κ1) is 14.2. The number of anilines is 1. The highest BCUT2D eigenvalue weighted by Gasteiger charge is 2.21. The number of H-pyrrole nitrogens is 1. The zero-order valence-corrected chi connectivity index (χ0v) is 12.0. The van der Waals surface area contributed by atoms with Crippen molar-refractivity contribution in [2.45, 2.75) is 0 Å². The fourth-order valence-electron chi connectivity index (χ4n) is 2.76. The van der Waals surface area contributed by atoms with Crippen molar-refractivity contribution in [2.24, 2.45) is 0 Å². The molecule has 1 amide bonds. The smallest absolute Gasteiger partial charge is 0.328 e. The SMILES string of the molecule is O=C(O)C=CC(=O)N1CCN(c2cccc3[nH]ccc23)CC1. The molecule has 1 aliphatic heterocycles. The maximum atomic E-state index is 11.9. The van der Waals surface area contributed by atoms with Gasteiger partial charge in [-0.2, -0.15) is 0 Å². The van der Waals surface area contributed by atoms with Crippen LogP contribution in [0.25, 0.3) is 10.9 Å². The quantitative estimate of drug-likeness (QED) is 0.841. The normalized spacial score (nSPS) is 15.6. The third kappa shape index (κ3) is 2.81. The third-order valence-corrected chi connectivity index (χ3v) is 3.87. The van der Waals surface area contributed by atoms with Crippen LogP contribution in [0.3, 0.4) is 0 Å². The molecule has 1 aromatic heterocycles. The lowest BCUT2D eigenvalue weighted by Crippen LogP contribution is -2.48. The minimum absolute atomic E-state index is 0.248. The summed E-state index contributed by atoms with van der Waals surface area (Å²) in [6, 6.07) is 8.19. The molecule has 1 aromatic carbocycles. The number of amides is 1. The van der Waals surface area contributed by atoms with Gasteiger partial charge in [-0.1, -0.05) is 6.07 Å². The first-order valence-corrected chi connectivity index (χ1v) is 7.16. The van der Waals surface area contributed by atoms with Crippen LogP contribution in [0, 0.1) is 0 Å². The minimum atomic E-state index is -1.11. The van der Waals surface area contributed by atoms with Crippen molar-refractivity contribution in [1.82, 2.24) is 9.88 Å². The second kappa shape index (κ2) is 5.93. The van der Waals surface area contributed by atoms with Crippen molar-refractivity contribution in [3.63, 3.8) is 0 Å². The molecule has 2 aromatic rings. The fraction of sp³-hybridized carbons (Fsp3) is 0.250. The Morgan fingerprint density at radius 2 is 1.86 bits per heavy atom. The second-order valence-corrected chi connectivity index (χ2v) is 5.20. The van der Waals surface area contributed by atoms with Crippen molar-refractivity contribution in [3.8, 4) is 0 Å². The Balaban J connectivity index is 1.68. The van der Waals surface area contributed by atoms with Crippen LogP contribution in [0.5, 0.6) is 0 Å². The summed E-state index contributed by atoms with van der Waals surface area (Å²) < 4.78 is 0. The number of aromatic amines is 1. The van der Waals surface area contributed by atoms with Gasteiger partial charge in [0.2, 0.25) is 5.91 Å². The molecule has 22 heavy (non-hydrogen) atoms. The molecule has 6 heteroatoms. The average Bonchev–Trinajstić information content (AvgIpc) is 3.01. The topological polar surface area (TPSA) is 76.6 Å². The summed E-state index contributed by atoms with van der Waals surface area (Å²) in [7, 11) is 0. The van der Waals surface area contributed by atoms with E-state index in [1.165, 1.54) is 5.39 Å². The van der Waals surface area contributed by atoms with E-state index < -0.39 is 5.97 Å². The zero-order chi connectivity index (χ0) is 15.5. The summed E-state index contributed by atoms with van der Waals surface area (Å²) in [6.45, 7) is 2.64. The van der Waals surface area contributed by atoms with Crippen molar-refractivity contribution >= 4 is 28.5 Å². The number of carboxylic acids is 1. The number of benzene rings is 1. The lowest BCUT2D eigenvalue weighted by molar-refractivity contribution is -0.132. The first-order valence-electron chi connectivity index (χ1n) is 7.16. The van der Waals surface area contributed by atoms with Crippen LogP contribution in [-0.4, -0.2) is 53.0 Å². The van der Waals surface area contributed by atoms with Gasteiger partial charge in [0.05, 0.1) is 0 Å². The molecule has 0 atom stereocenters. The zero-order valence-electron chi connectivity index (χ0n) is 12.0. The molecular weight excluding hydrogens is 282 g/mol. The largest absolute Gasteiger partial charge is 0.478 e. The van der Waals surface area contributed by atoms with Gasteiger partial charge in [-0.15, -0.1) is 0 Å². The van der Waals surface area contributed by atoms with E-state index in [0.29, 0.717) is 13.1 Å². The Morgan fingerprint density at radius 3 is 2.59 bits per heavy atom. The summed E-state index contributed by atoms with van der Waals surface area (Å²) in [5, 5.41) is 9.74. The molecule has 0 radical (unpaired) electrons. The first-order chi connectivity index (χ1) is 10.6. The molecule has 2 heterocycles. The molecule has 6 nitrogen and oxygen atoms in total.